The van der Waals surface area contributed by atoms with Gasteiger partial charge in [0, 0.05) is 17.7 Å². The smallest absolute Gasteiger partial charge is 0.407 e. The summed E-state index contributed by atoms with van der Waals surface area (Å²) in [5.41, 5.74) is 0.349. The standard InChI is InChI=1S/C24H33NO4/c26-23-11-4-15(14-29-23)13-25(24(27)28)18-7-10-20-17(12-18)6-9-21-19-3-1-2-16(19)5-8-22(20)21/h4,11,14,16-22H,1-3,5-10,12-13H2,(H,27,28). The highest BCUT2D eigenvalue weighted by atomic mass is 16.4. The zero-order valence-electron chi connectivity index (χ0n) is 17.2. The molecule has 1 heterocycles. The Morgan fingerprint density at radius 3 is 2.38 bits per heavy atom. The molecule has 0 spiro atoms. The second-order valence-corrected chi connectivity index (χ2v) is 10.1. The molecule has 5 heteroatoms. The third-order valence-electron chi connectivity index (χ3n) is 8.92. The molecule has 0 radical (unpaired) electrons. The van der Waals surface area contributed by atoms with Crippen LogP contribution in [0.1, 0.15) is 69.8 Å². The van der Waals surface area contributed by atoms with Gasteiger partial charge in [0.25, 0.3) is 0 Å². The first-order valence-electron chi connectivity index (χ1n) is 11.7. The fourth-order valence-electron chi connectivity index (χ4n) is 7.76. The summed E-state index contributed by atoms with van der Waals surface area (Å²) in [6.07, 6.45) is 13.6. The van der Waals surface area contributed by atoms with Crippen molar-refractivity contribution in [3.05, 3.63) is 34.4 Å². The SMILES string of the molecule is O=C(O)N(Cc1ccc(=O)oc1)C1CCC2C(CCC3C4CCCC4CCC23)C1. The Hall–Kier alpha value is -1.78. The van der Waals surface area contributed by atoms with Gasteiger partial charge < -0.3 is 14.4 Å². The van der Waals surface area contributed by atoms with Crippen LogP contribution in [0, 0.1) is 35.5 Å². The number of amides is 1. The van der Waals surface area contributed by atoms with Gasteiger partial charge in [-0.15, -0.1) is 0 Å². The van der Waals surface area contributed by atoms with E-state index >= 15 is 0 Å². The third-order valence-corrected chi connectivity index (χ3v) is 8.92. The molecule has 4 aliphatic carbocycles. The zero-order valence-corrected chi connectivity index (χ0v) is 17.2. The molecule has 4 saturated carbocycles. The lowest BCUT2D eigenvalue weighted by atomic mass is 9.53. The molecule has 5 rings (SSSR count). The molecule has 5 nitrogen and oxygen atoms in total. The minimum Gasteiger partial charge on any atom is -0.465 e. The molecule has 1 N–H and O–H groups in total. The van der Waals surface area contributed by atoms with Gasteiger partial charge in [0.2, 0.25) is 0 Å². The normalized spacial score (nSPS) is 38.6. The molecule has 158 valence electrons. The zero-order chi connectivity index (χ0) is 20.0. The van der Waals surface area contributed by atoms with Gasteiger partial charge in [0.15, 0.2) is 0 Å². The second-order valence-electron chi connectivity index (χ2n) is 10.1. The molecule has 0 bridgehead atoms. The molecule has 29 heavy (non-hydrogen) atoms. The van der Waals surface area contributed by atoms with Crippen molar-refractivity contribution in [1.29, 1.82) is 0 Å². The van der Waals surface area contributed by atoms with Gasteiger partial charge in [-0.1, -0.05) is 12.8 Å². The Kier molecular flexibility index (Phi) is 5.17. The first-order valence-corrected chi connectivity index (χ1v) is 11.7. The summed E-state index contributed by atoms with van der Waals surface area (Å²) in [7, 11) is 0. The summed E-state index contributed by atoms with van der Waals surface area (Å²) in [6, 6.07) is 3.13. The van der Waals surface area contributed by atoms with E-state index < -0.39 is 11.7 Å². The fraction of sp³-hybridized carbons (Fsp3) is 0.750. The van der Waals surface area contributed by atoms with Crippen LogP contribution in [0.4, 0.5) is 4.79 Å². The van der Waals surface area contributed by atoms with Crippen molar-refractivity contribution in [3.8, 4) is 0 Å². The number of rotatable bonds is 3. The Balaban J connectivity index is 1.27. The molecule has 0 saturated heterocycles. The van der Waals surface area contributed by atoms with Gasteiger partial charge in [0.1, 0.15) is 0 Å². The average Bonchev–Trinajstić information content (AvgIpc) is 3.21. The first kappa shape index (κ1) is 19.2. The number of nitrogens with zero attached hydrogens (tertiary/aromatic N) is 1. The minimum atomic E-state index is -0.861. The first-order chi connectivity index (χ1) is 14.1. The predicted octanol–water partition coefficient (Wildman–Crippen LogP) is 5.14. The maximum absolute atomic E-state index is 12.0. The maximum Gasteiger partial charge on any atom is 0.407 e. The Labute approximate surface area is 172 Å². The molecule has 4 fully saturated rings. The van der Waals surface area contributed by atoms with E-state index in [0.29, 0.717) is 12.5 Å². The molecular formula is C24H33NO4. The molecule has 1 aromatic heterocycles. The van der Waals surface area contributed by atoms with Crippen LogP contribution >= 0.6 is 0 Å². The van der Waals surface area contributed by atoms with Crippen LogP contribution in [0.15, 0.2) is 27.6 Å². The molecular weight excluding hydrogens is 366 g/mol. The van der Waals surface area contributed by atoms with Crippen LogP contribution in [0.5, 0.6) is 0 Å². The summed E-state index contributed by atoms with van der Waals surface area (Å²) in [5, 5.41) is 9.86. The molecule has 0 aliphatic heterocycles. The van der Waals surface area contributed by atoms with E-state index in [2.05, 4.69) is 0 Å². The van der Waals surface area contributed by atoms with Crippen LogP contribution in [-0.2, 0) is 6.54 Å². The lowest BCUT2D eigenvalue weighted by Crippen LogP contribution is -2.49. The van der Waals surface area contributed by atoms with E-state index in [4.69, 9.17) is 4.42 Å². The van der Waals surface area contributed by atoms with Crippen LogP contribution in [-0.4, -0.2) is 22.1 Å². The number of fused-ring (bicyclic) bond motifs is 5. The fourth-order valence-corrected chi connectivity index (χ4v) is 7.76. The van der Waals surface area contributed by atoms with Gasteiger partial charge in [0.05, 0.1) is 12.8 Å². The summed E-state index contributed by atoms with van der Waals surface area (Å²) >= 11 is 0. The summed E-state index contributed by atoms with van der Waals surface area (Å²) in [6.45, 7) is 0.303. The average molecular weight is 400 g/mol. The lowest BCUT2D eigenvalue weighted by Gasteiger charge is -2.53. The van der Waals surface area contributed by atoms with E-state index in [-0.39, 0.29) is 6.04 Å². The Morgan fingerprint density at radius 2 is 1.66 bits per heavy atom. The molecule has 1 amide bonds. The highest BCUT2D eigenvalue weighted by Crippen LogP contribution is 2.58. The third kappa shape index (κ3) is 3.62. The van der Waals surface area contributed by atoms with Crippen molar-refractivity contribution in [3.63, 3.8) is 0 Å². The van der Waals surface area contributed by atoms with Crippen LogP contribution in [0.25, 0.3) is 0 Å². The highest BCUT2D eigenvalue weighted by molar-refractivity contribution is 5.65. The Morgan fingerprint density at radius 1 is 0.931 bits per heavy atom. The molecule has 1 aromatic rings. The second kappa shape index (κ2) is 7.81. The largest absolute Gasteiger partial charge is 0.465 e. The highest BCUT2D eigenvalue weighted by Gasteiger charge is 2.50. The number of carboxylic acid groups (broad SMARTS) is 1. The summed E-state index contributed by atoms with van der Waals surface area (Å²) < 4.78 is 4.93. The van der Waals surface area contributed by atoms with E-state index in [9.17, 15) is 14.7 Å². The van der Waals surface area contributed by atoms with E-state index in [1.54, 1.807) is 11.0 Å². The number of carbonyl (C=O) groups is 1. The quantitative estimate of drug-likeness (QED) is 0.764. The van der Waals surface area contributed by atoms with Crippen molar-refractivity contribution < 1.29 is 14.3 Å². The van der Waals surface area contributed by atoms with Crippen LogP contribution < -0.4 is 5.63 Å². The molecule has 4 aliphatic rings. The van der Waals surface area contributed by atoms with Gasteiger partial charge in [-0.05, 0) is 92.9 Å². The number of hydrogen-bond acceptors (Lipinski definition) is 3. The van der Waals surface area contributed by atoms with Gasteiger partial charge in [-0.2, -0.15) is 0 Å². The topological polar surface area (TPSA) is 70.8 Å². The minimum absolute atomic E-state index is 0.0834. The molecule has 0 aromatic carbocycles. The number of hydrogen-bond donors (Lipinski definition) is 1. The van der Waals surface area contributed by atoms with Crippen molar-refractivity contribution in [2.24, 2.45) is 35.5 Å². The van der Waals surface area contributed by atoms with Crippen LogP contribution in [0.3, 0.4) is 0 Å². The summed E-state index contributed by atoms with van der Waals surface area (Å²) in [5.74, 6) is 5.36. The van der Waals surface area contributed by atoms with Gasteiger partial charge >= 0.3 is 11.7 Å². The van der Waals surface area contributed by atoms with E-state index in [1.807, 2.05) is 0 Å². The molecule has 7 unspecified atom stereocenters. The monoisotopic (exact) mass is 399 g/mol. The maximum atomic E-state index is 12.0. The van der Waals surface area contributed by atoms with Gasteiger partial charge in [-0.3, -0.25) is 0 Å². The van der Waals surface area contributed by atoms with Crippen molar-refractivity contribution in [2.75, 3.05) is 0 Å². The van der Waals surface area contributed by atoms with Crippen molar-refractivity contribution in [2.45, 2.75) is 76.8 Å². The predicted molar refractivity (Wildman–Crippen MR) is 109 cm³/mol. The molecule has 7 atom stereocenters. The van der Waals surface area contributed by atoms with Crippen LogP contribution in [0.2, 0.25) is 0 Å². The summed E-state index contributed by atoms with van der Waals surface area (Å²) in [4.78, 5) is 24.8. The van der Waals surface area contributed by atoms with E-state index in [1.165, 1.54) is 63.7 Å². The van der Waals surface area contributed by atoms with Crippen molar-refractivity contribution >= 4 is 6.09 Å². The van der Waals surface area contributed by atoms with E-state index in [0.717, 1.165) is 48.0 Å². The lowest BCUT2D eigenvalue weighted by molar-refractivity contribution is -0.0354. The van der Waals surface area contributed by atoms with Crippen molar-refractivity contribution in [1.82, 2.24) is 4.90 Å². The van der Waals surface area contributed by atoms with Gasteiger partial charge in [-0.25, -0.2) is 9.59 Å². The Bertz CT molecular complexity index is 784.